The van der Waals surface area contributed by atoms with Crippen LogP contribution in [0.1, 0.15) is 18.4 Å². The van der Waals surface area contributed by atoms with Gasteiger partial charge < -0.3 is 24.8 Å². The van der Waals surface area contributed by atoms with Crippen molar-refractivity contribution >= 4 is 35.0 Å². The molecular formula is C21H21ClN2O4. The summed E-state index contributed by atoms with van der Waals surface area (Å²) in [6.07, 6.45) is 5.16. The minimum absolute atomic E-state index is 0.155. The van der Waals surface area contributed by atoms with Gasteiger partial charge in [0, 0.05) is 36.7 Å². The van der Waals surface area contributed by atoms with Gasteiger partial charge in [0.15, 0.2) is 11.5 Å². The Bertz CT molecular complexity index is 877. The van der Waals surface area contributed by atoms with Crippen molar-refractivity contribution in [2.45, 2.75) is 18.9 Å². The number of amides is 1. The highest BCUT2D eigenvalue weighted by Gasteiger charge is 2.17. The molecule has 0 aromatic heterocycles. The lowest BCUT2D eigenvalue weighted by Gasteiger charge is -2.24. The summed E-state index contributed by atoms with van der Waals surface area (Å²) in [6.45, 7) is 1.75. The number of halogens is 1. The molecule has 1 saturated heterocycles. The van der Waals surface area contributed by atoms with Gasteiger partial charge in [0.2, 0.25) is 12.7 Å². The summed E-state index contributed by atoms with van der Waals surface area (Å²) in [4.78, 5) is 12.2. The SMILES string of the molecule is O=C(C=Cc1cc(Cl)c2c(c1)OCO2)Nc1ccc(NC2CCOCC2)cc1. The maximum absolute atomic E-state index is 12.2. The second-order valence-electron chi connectivity index (χ2n) is 6.67. The minimum atomic E-state index is -0.223. The molecule has 2 heterocycles. The average molecular weight is 401 g/mol. The third-order valence-electron chi connectivity index (χ3n) is 4.62. The Kier molecular flexibility index (Phi) is 5.69. The molecule has 28 heavy (non-hydrogen) atoms. The topological polar surface area (TPSA) is 68.8 Å². The number of ether oxygens (including phenoxy) is 3. The predicted molar refractivity (Wildman–Crippen MR) is 109 cm³/mol. The molecule has 0 spiro atoms. The van der Waals surface area contributed by atoms with Gasteiger partial charge in [-0.15, -0.1) is 0 Å². The number of rotatable bonds is 5. The van der Waals surface area contributed by atoms with Crippen LogP contribution in [0.4, 0.5) is 11.4 Å². The van der Waals surface area contributed by atoms with Crippen LogP contribution in [-0.4, -0.2) is 32.0 Å². The van der Waals surface area contributed by atoms with Gasteiger partial charge in [0.25, 0.3) is 0 Å². The molecule has 6 nitrogen and oxygen atoms in total. The first kappa shape index (κ1) is 18.7. The minimum Gasteiger partial charge on any atom is -0.454 e. The van der Waals surface area contributed by atoms with Crippen LogP contribution in [0.2, 0.25) is 5.02 Å². The maximum Gasteiger partial charge on any atom is 0.248 e. The zero-order valence-corrected chi connectivity index (χ0v) is 16.0. The van der Waals surface area contributed by atoms with Crippen LogP contribution in [-0.2, 0) is 9.53 Å². The van der Waals surface area contributed by atoms with Crippen molar-refractivity contribution in [3.05, 3.63) is 53.1 Å². The normalized spacial score (nSPS) is 16.3. The molecule has 2 aromatic carbocycles. The Hall–Kier alpha value is -2.70. The summed E-state index contributed by atoms with van der Waals surface area (Å²) in [5.41, 5.74) is 2.53. The Labute approximate surface area is 168 Å². The fourth-order valence-corrected chi connectivity index (χ4v) is 3.44. The fourth-order valence-electron chi connectivity index (χ4n) is 3.17. The lowest BCUT2D eigenvalue weighted by molar-refractivity contribution is -0.111. The summed E-state index contributed by atoms with van der Waals surface area (Å²) in [5, 5.41) is 6.80. The van der Waals surface area contributed by atoms with Crippen molar-refractivity contribution in [3.63, 3.8) is 0 Å². The lowest BCUT2D eigenvalue weighted by Crippen LogP contribution is -2.27. The average Bonchev–Trinajstić information content (AvgIpc) is 3.18. The third kappa shape index (κ3) is 4.58. The number of nitrogens with one attached hydrogen (secondary N) is 2. The van der Waals surface area contributed by atoms with Crippen molar-refractivity contribution in [1.82, 2.24) is 0 Å². The molecule has 0 radical (unpaired) electrons. The largest absolute Gasteiger partial charge is 0.454 e. The molecule has 2 aromatic rings. The van der Waals surface area contributed by atoms with Crippen molar-refractivity contribution in [1.29, 1.82) is 0 Å². The molecule has 1 fully saturated rings. The molecule has 7 heteroatoms. The van der Waals surface area contributed by atoms with E-state index in [1.807, 2.05) is 24.3 Å². The molecule has 146 valence electrons. The van der Waals surface area contributed by atoms with E-state index in [9.17, 15) is 4.79 Å². The third-order valence-corrected chi connectivity index (χ3v) is 4.90. The maximum atomic E-state index is 12.2. The first-order valence-corrected chi connectivity index (χ1v) is 9.58. The second kappa shape index (κ2) is 8.54. The van der Waals surface area contributed by atoms with Crippen molar-refractivity contribution in [3.8, 4) is 11.5 Å². The second-order valence-corrected chi connectivity index (χ2v) is 7.07. The standard InChI is InChI=1S/C21H21ClN2O4/c22-18-11-14(12-19-21(18)28-13-27-19)1-6-20(25)24-16-4-2-15(3-5-16)23-17-7-9-26-10-8-17/h1-6,11-12,17,23H,7-10,13H2,(H,24,25). The molecule has 1 amide bonds. The number of carbonyl (C=O) groups is 1. The van der Waals surface area contributed by atoms with Crippen LogP contribution >= 0.6 is 11.6 Å². The van der Waals surface area contributed by atoms with Gasteiger partial charge in [-0.05, 0) is 60.9 Å². The summed E-state index contributed by atoms with van der Waals surface area (Å²) < 4.78 is 16.0. The first-order valence-electron chi connectivity index (χ1n) is 9.20. The quantitative estimate of drug-likeness (QED) is 0.732. The monoisotopic (exact) mass is 400 g/mol. The molecule has 2 N–H and O–H groups in total. The summed E-state index contributed by atoms with van der Waals surface area (Å²) in [7, 11) is 0. The molecule has 0 unspecified atom stereocenters. The van der Waals surface area contributed by atoms with Gasteiger partial charge in [-0.1, -0.05) is 11.6 Å². The molecular weight excluding hydrogens is 380 g/mol. The van der Waals surface area contributed by atoms with Crippen molar-refractivity contribution < 1.29 is 19.0 Å². The summed E-state index contributed by atoms with van der Waals surface area (Å²) >= 11 is 6.15. The Morgan fingerprint density at radius 3 is 2.61 bits per heavy atom. The van der Waals surface area contributed by atoms with Gasteiger partial charge in [-0.2, -0.15) is 0 Å². The van der Waals surface area contributed by atoms with Crippen LogP contribution in [0, 0.1) is 0 Å². The van der Waals surface area contributed by atoms with E-state index in [0.29, 0.717) is 22.6 Å². The Morgan fingerprint density at radius 1 is 1.07 bits per heavy atom. The van der Waals surface area contributed by atoms with Crippen LogP contribution in [0.5, 0.6) is 11.5 Å². The van der Waals surface area contributed by atoms with Gasteiger partial charge >= 0.3 is 0 Å². The highest BCUT2D eigenvalue weighted by Crippen LogP contribution is 2.40. The zero-order valence-electron chi connectivity index (χ0n) is 15.2. The highest BCUT2D eigenvalue weighted by atomic mass is 35.5. The molecule has 0 bridgehead atoms. The van der Waals surface area contributed by atoms with Gasteiger partial charge in [-0.3, -0.25) is 4.79 Å². The number of hydrogen-bond donors (Lipinski definition) is 2. The number of hydrogen-bond acceptors (Lipinski definition) is 5. The van der Waals surface area contributed by atoms with Crippen molar-refractivity contribution in [2.24, 2.45) is 0 Å². The smallest absolute Gasteiger partial charge is 0.248 e. The molecule has 0 aliphatic carbocycles. The molecule has 2 aliphatic heterocycles. The van der Waals surface area contributed by atoms with Gasteiger partial charge in [-0.25, -0.2) is 0 Å². The van der Waals surface area contributed by atoms with Crippen LogP contribution in [0.25, 0.3) is 6.08 Å². The van der Waals surface area contributed by atoms with E-state index in [0.717, 1.165) is 43.0 Å². The van der Waals surface area contributed by atoms with E-state index in [-0.39, 0.29) is 12.7 Å². The van der Waals surface area contributed by atoms with E-state index in [1.54, 1.807) is 18.2 Å². The number of anilines is 2. The van der Waals surface area contributed by atoms with Crippen molar-refractivity contribution in [2.75, 3.05) is 30.6 Å². The molecule has 2 aliphatic rings. The number of fused-ring (bicyclic) bond motifs is 1. The Balaban J connectivity index is 1.33. The Morgan fingerprint density at radius 2 is 1.82 bits per heavy atom. The molecule has 0 saturated carbocycles. The molecule has 4 rings (SSSR count). The lowest BCUT2D eigenvalue weighted by atomic mass is 10.1. The first-order chi connectivity index (χ1) is 13.7. The highest BCUT2D eigenvalue weighted by molar-refractivity contribution is 6.32. The van der Waals surface area contributed by atoms with E-state index in [2.05, 4.69) is 10.6 Å². The summed E-state index contributed by atoms with van der Waals surface area (Å²) in [6, 6.07) is 11.6. The van der Waals surface area contributed by atoms with Crippen LogP contribution in [0.3, 0.4) is 0 Å². The number of benzene rings is 2. The van der Waals surface area contributed by atoms with E-state index >= 15 is 0 Å². The van der Waals surface area contributed by atoms with Gasteiger partial charge in [0.1, 0.15) is 0 Å². The van der Waals surface area contributed by atoms with Gasteiger partial charge in [0.05, 0.1) is 5.02 Å². The summed E-state index contributed by atoms with van der Waals surface area (Å²) in [5.74, 6) is 0.900. The van der Waals surface area contributed by atoms with E-state index in [1.165, 1.54) is 6.08 Å². The van der Waals surface area contributed by atoms with Crippen LogP contribution < -0.4 is 20.1 Å². The predicted octanol–water partition coefficient (Wildman–Crippen LogP) is 4.31. The van der Waals surface area contributed by atoms with Crippen LogP contribution in [0.15, 0.2) is 42.5 Å². The zero-order chi connectivity index (χ0) is 19.3. The van der Waals surface area contributed by atoms with E-state index < -0.39 is 0 Å². The fraction of sp³-hybridized carbons (Fsp3) is 0.286. The van der Waals surface area contributed by atoms with E-state index in [4.69, 9.17) is 25.8 Å². The number of carbonyl (C=O) groups excluding carboxylic acids is 1. The molecule has 0 atom stereocenters.